The summed E-state index contributed by atoms with van der Waals surface area (Å²) in [5, 5.41) is 12.5. The van der Waals surface area contributed by atoms with Gasteiger partial charge < -0.3 is 10.4 Å². The second-order valence-electron chi connectivity index (χ2n) is 7.13. The summed E-state index contributed by atoms with van der Waals surface area (Å²) in [6, 6.07) is 10.9. The highest BCUT2D eigenvalue weighted by Gasteiger charge is 2.18. The molecular formula is C19H23ClN2O4S. The summed E-state index contributed by atoms with van der Waals surface area (Å²) in [4.78, 5) is 12.1. The van der Waals surface area contributed by atoms with Crippen LogP contribution in [0.25, 0.3) is 0 Å². The van der Waals surface area contributed by atoms with Crippen molar-refractivity contribution in [1.29, 1.82) is 0 Å². The van der Waals surface area contributed by atoms with Gasteiger partial charge in [-0.1, -0.05) is 44.5 Å². The molecule has 0 heterocycles. The van der Waals surface area contributed by atoms with Gasteiger partial charge in [-0.2, -0.15) is 0 Å². The average molecular weight is 411 g/mol. The molecule has 0 saturated heterocycles. The summed E-state index contributed by atoms with van der Waals surface area (Å²) in [6.07, 6.45) is -0.0920. The second kappa shape index (κ2) is 8.29. The van der Waals surface area contributed by atoms with Crippen molar-refractivity contribution >= 4 is 33.2 Å². The molecule has 27 heavy (non-hydrogen) atoms. The number of phenolic OH excluding ortho intramolecular Hbond substituents is 1. The van der Waals surface area contributed by atoms with Crippen LogP contribution < -0.4 is 10.0 Å². The van der Waals surface area contributed by atoms with E-state index in [9.17, 15) is 18.3 Å². The molecule has 8 heteroatoms. The minimum absolute atomic E-state index is 0.0697. The molecule has 0 atom stereocenters. The zero-order valence-corrected chi connectivity index (χ0v) is 17.0. The van der Waals surface area contributed by atoms with Crippen molar-refractivity contribution in [2.24, 2.45) is 0 Å². The number of amides is 1. The van der Waals surface area contributed by atoms with E-state index >= 15 is 0 Å². The zero-order chi connectivity index (χ0) is 20.2. The van der Waals surface area contributed by atoms with Gasteiger partial charge in [0.2, 0.25) is 15.9 Å². The van der Waals surface area contributed by atoms with E-state index in [0.29, 0.717) is 5.02 Å². The van der Waals surface area contributed by atoms with Gasteiger partial charge in [-0.3, -0.25) is 4.79 Å². The number of sulfonamides is 1. The van der Waals surface area contributed by atoms with Gasteiger partial charge in [0, 0.05) is 18.0 Å². The standard InChI is InChI=1S/C19H23ClN2O4S/c1-19(2,3)13-4-7-15(8-5-13)27(25,26)21-11-10-18(24)22-16-12-14(20)6-9-17(16)23/h4-9,12,21,23H,10-11H2,1-3H3,(H,22,24). The second-order valence-corrected chi connectivity index (χ2v) is 9.34. The quantitative estimate of drug-likeness (QED) is 0.633. The summed E-state index contributed by atoms with van der Waals surface area (Å²) in [6.45, 7) is 6.07. The van der Waals surface area contributed by atoms with Crippen molar-refractivity contribution in [3.8, 4) is 5.75 Å². The zero-order valence-electron chi connectivity index (χ0n) is 15.4. The first-order valence-corrected chi connectivity index (χ1v) is 10.2. The highest BCUT2D eigenvalue weighted by Crippen LogP contribution is 2.26. The van der Waals surface area contributed by atoms with Crippen molar-refractivity contribution in [2.75, 3.05) is 11.9 Å². The number of nitrogens with one attached hydrogen (secondary N) is 2. The Morgan fingerprint density at radius 3 is 2.33 bits per heavy atom. The molecule has 0 aliphatic rings. The van der Waals surface area contributed by atoms with Gasteiger partial charge in [-0.15, -0.1) is 0 Å². The Morgan fingerprint density at radius 1 is 1.11 bits per heavy atom. The van der Waals surface area contributed by atoms with Gasteiger partial charge in [-0.05, 0) is 41.3 Å². The maximum atomic E-state index is 12.3. The van der Waals surface area contributed by atoms with Crippen LogP contribution in [0.3, 0.4) is 0 Å². The molecule has 0 unspecified atom stereocenters. The number of benzene rings is 2. The highest BCUT2D eigenvalue weighted by atomic mass is 35.5. The molecule has 2 aromatic carbocycles. The molecule has 0 aliphatic heterocycles. The number of carbonyl (C=O) groups excluding carboxylic acids is 1. The third-order valence-electron chi connectivity index (χ3n) is 3.91. The Bertz CT molecular complexity index is 920. The molecule has 0 spiro atoms. The van der Waals surface area contributed by atoms with Crippen LogP contribution in [0.5, 0.6) is 5.75 Å². The fourth-order valence-corrected chi connectivity index (χ4v) is 3.54. The van der Waals surface area contributed by atoms with Crippen molar-refractivity contribution < 1.29 is 18.3 Å². The predicted molar refractivity (Wildman–Crippen MR) is 107 cm³/mol. The van der Waals surface area contributed by atoms with Crippen LogP contribution >= 0.6 is 11.6 Å². The molecule has 0 fully saturated rings. The number of aromatic hydroxyl groups is 1. The fraction of sp³-hybridized carbons (Fsp3) is 0.316. The van der Waals surface area contributed by atoms with E-state index < -0.39 is 15.9 Å². The smallest absolute Gasteiger partial charge is 0.240 e. The summed E-state index contributed by atoms with van der Waals surface area (Å²) in [5.74, 6) is -0.564. The van der Waals surface area contributed by atoms with Gasteiger partial charge in [0.15, 0.2) is 0 Å². The number of hydrogen-bond acceptors (Lipinski definition) is 4. The Balaban J connectivity index is 1.93. The average Bonchev–Trinajstić information content (AvgIpc) is 2.57. The molecule has 0 aliphatic carbocycles. The van der Waals surface area contributed by atoms with Gasteiger partial charge in [0.05, 0.1) is 10.6 Å². The molecule has 6 nitrogen and oxygen atoms in total. The third-order valence-corrected chi connectivity index (χ3v) is 5.62. The number of hydrogen-bond donors (Lipinski definition) is 3. The lowest BCUT2D eigenvalue weighted by Crippen LogP contribution is -2.28. The van der Waals surface area contributed by atoms with Gasteiger partial charge in [0.25, 0.3) is 0 Å². The number of anilines is 1. The lowest BCUT2D eigenvalue weighted by Gasteiger charge is -2.19. The van der Waals surface area contributed by atoms with E-state index in [1.807, 2.05) is 20.8 Å². The minimum Gasteiger partial charge on any atom is -0.506 e. The Morgan fingerprint density at radius 2 is 1.74 bits per heavy atom. The summed E-state index contributed by atoms with van der Waals surface area (Å²) < 4.78 is 27.1. The summed E-state index contributed by atoms with van der Waals surface area (Å²) in [5.41, 5.74) is 1.13. The first-order chi connectivity index (χ1) is 12.5. The fourth-order valence-electron chi connectivity index (χ4n) is 2.34. The lowest BCUT2D eigenvalue weighted by molar-refractivity contribution is -0.116. The van der Waals surface area contributed by atoms with Crippen molar-refractivity contribution in [1.82, 2.24) is 4.72 Å². The van der Waals surface area contributed by atoms with Gasteiger partial charge >= 0.3 is 0 Å². The number of phenols is 1. The molecule has 0 bridgehead atoms. The Kier molecular flexibility index (Phi) is 6.51. The van der Waals surface area contributed by atoms with E-state index in [4.69, 9.17) is 11.6 Å². The van der Waals surface area contributed by atoms with Crippen LogP contribution in [0.1, 0.15) is 32.8 Å². The van der Waals surface area contributed by atoms with E-state index in [-0.39, 0.29) is 34.7 Å². The normalized spacial score (nSPS) is 12.0. The molecule has 2 aromatic rings. The van der Waals surface area contributed by atoms with Crippen LogP contribution in [0.2, 0.25) is 5.02 Å². The number of carbonyl (C=O) groups is 1. The van der Waals surface area contributed by atoms with Crippen LogP contribution in [0.15, 0.2) is 47.4 Å². The maximum Gasteiger partial charge on any atom is 0.240 e. The molecule has 3 N–H and O–H groups in total. The minimum atomic E-state index is -3.71. The highest BCUT2D eigenvalue weighted by molar-refractivity contribution is 7.89. The number of rotatable bonds is 6. The molecule has 2 rings (SSSR count). The van der Waals surface area contributed by atoms with Crippen molar-refractivity contribution in [3.05, 3.63) is 53.1 Å². The molecule has 0 aromatic heterocycles. The van der Waals surface area contributed by atoms with E-state index in [0.717, 1.165) is 5.56 Å². The molecule has 146 valence electrons. The monoisotopic (exact) mass is 410 g/mol. The maximum absolute atomic E-state index is 12.3. The van der Waals surface area contributed by atoms with Gasteiger partial charge in [0.1, 0.15) is 5.75 Å². The van der Waals surface area contributed by atoms with Crippen LogP contribution in [0, 0.1) is 0 Å². The largest absolute Gasteiger partial charge is 0.506 e. The van der Waals surface area contributed by atoms with Gasteiger partial charge in [-0.25, -0.2) is 13.1 Å². The summed E-state index contributed by atoms with van der Waals surface area (Å²) >= 11 is 5.82. The Hall–Kier alpha value is -2.09. The van der Waals surface area contributed by atoms with Crippen LogP contribution in [-0.2, 0) is 20.2 Å². The van der Waals surface area contributed by atoms with E-state index in [1.165, 1.54) is 18.2 Å². The topological polar surface area (TPSA) is 95.5 Å². The number of halogens is 1. The summed E-state index contributed by atoms with van der Waals surface area (Å²) in [7, 11) is -3.71. The van der Waals surface area contributed by atoms with E-state index in [1.54, 1.807) is 24.3 Å². The Labute approximate surface area is 164 Å². The SMILES string of the molecule is CC(C)(C)c1ccc(S(=O)(=O)NCCC(=O)Nc2cc(Cl)ccc2O)cc1. The molecule has 0 saturated carbocycles. The van der Waals surface area contributed by atoms with Crippen LogP contribution in [0.4, 0.5) is 5.69 Å². The van der Waals surface area contributed by atoms with Crippen LogP contribution in [-0.4, -0.2) is 26.0 Å². The predicted octanol–water partition coefficient (Wildman–Crippen LogP) is 3.65. The van der Waals surface area contributed by atoms with E-state index in [2.05, 4.69) is 10.0 Å². The first kappa shape index (κ1) is 21.2. The van der Waals surface area contributed by atoms with Crippen molar-refractivity contribution in [3.63, 3.8) is 0 Å². The third kappa shape index (κ3) is 5.95. The molecule has 0 radical (unpaired) electrons. The molecule has 1 amide bonds. The van der Waals surface area contributed by atoms with Crippen molar-refractivity contribution in [2.45, 2.75) is 37.5 Å². The first-order valence-electron chi connectivity index (χ1n) is 8.37. The lowest BCUT2D eigenvalue weighted by atomic mass is 9.87. The molecular weight excluding hydrogens is 388 g/mol.